The fourth-order valence-electron chi connectivity index (χ4n) is 5.84. The van der Waals surface area contributed by atoms with Crippen molar-refractivity contribution in [1.29, 1.82) is 0 Å². The lowest BCUT2D eigenvalue weighted by molar-refractivity contribution is -0.424. The predicted molar refractivity (Wildman–Crippen MR) is 150 cm³/mol. The third kappa shape index (κ3) is 5.30. The summed E-state index contributed by atoms with van der Waals surface area (Å²) in [5.41, 5.74) is -0.0526. The minimum atomic E-state index is -4.61. The van der Waals surface area contributed by atoms with Gasteiger partial charge >= 0.3 is 11.9 Å². The number of nitrogens with zero attached hydrogens (tertiary/aromatic N) is 5. The quantitative estimate of drug-likeness (QED) is 0.238. The van der Waals surface area contributed by atoms with Gasteiger partial charge in [-0.3, -0.25) is 13.9 Å². The maximum atomic E-state index is 14.2. The molecule has 0 saturated carbocycles. The van der Waals surface area contributed by atoms with Crippen molar-refractivity contribution in [3.05, 3.63) is 82.7 Å². The molecule has 3 aromatic rings. The van der Waals surface area contributed by atoms with Crippen LogP contribution in [0.4, 0.5) is 13.2 Å². The van der Waals surface area contributed by atoms with Gasteiger partial charge in [0.1, 0.15) is 6.72 Å². The van der Waals surface area contributed by atoms with Crippen LogP contribution >= 0.6 is 0 Å². The number of piperidine rings is 1. The number of likely N-dealkylation sites (tertiary alicyclic amines) is 1. The number of hydrogen-bond acceptors (Lipinski definition) is 3. The van der Waals surface area contributed by atoms with Gasteiger partial charge in [-0.2, -0.15) is 13.2 Å². The average molecular weight is 555 g/mol. The molecule has 1 aromatic carbocycles. The summed E-state index contributed by atoms with van der Waals surface area (Å²) in [5.74, 6) is 1.22. The summed E-state index contributed by atoms with van der Waals surface area (Å²) in [7, 11) is 1.84. The molecule has 0 spiro atoms. The van der Waals surface area contributed by atoms with Crippen molar-refractivity contribution in [2.24, 2.45) is 10.9 Å². The van der Waals surface area contributed by atoms with E-state index in [1.54, 1.807) is 23.0 Å². The Bertz CT molecular complexity index is 1530. The van der Waals surface area contributed by atoms with Crippen molar-refractivity contribution in [1.82, 2.24) is 13.9 Å². The topological polar surface area (TPSA) is 54.2 Å². The van der Waals surface area contributed by atoms with Gasteiger partial charge in [0.05, 0.1) is 55.1 Å². The Morgan fingerprint density at radius 2 is 2.05 bits per heavy atom. The van der Waals surface area contributed by atoms with E-state index in [1.807, 2.05) is 25.2 Å². The van der Waals surface area contributed by atoms with E-state index in [9.17, 15) is 18.0 Å². The summed E-state index contributed by atoms with van der Waals surface area (Å²) in [4.78, 5) is 19.9. The maximum absolute atomic E-state index is 14.2. The SMILES string of the molecule is C=C[N+](C)=C(CC1(c2cccc(-n3cc4c(C(F)(F)F)cc(CN5CCC[C@H](C)C5)cn4c3=O)c2)COC1)N=C. The zero-order chi connectivity index (χ0) is 28.7. The summed E-state index contributed by atoms with van der Waals surface area (Å²) in [5, 5.41) is 0. The number of rotatable bonds is 7. The second kappa shape index (κ2) is 10.8. The highest BCUT2D eigenvalue weighted by Gasteiger charge is 2.44. The standard InChI is InChI=1S/C30H35F3N5O2/c1-5-35(4)27(34-3)14-29(19-40-20-29)23-9-6-10-24(13-23)37-18-26-25(30(31,32)33)12-22(17-38(26)28(37)39)16-36-11-7-8-21(2)15-36/h5-6,9-10,12-13,17-18,21H,1,3,7-8,11,14-16,19-20H2,2,4H3/q+1/t21-/m0/s1. The maximum Gasteiger partial charge on any atom is 0.418 e. The molecule has 2 saturated heterocycles. The summed E-state index contributed by atoms with van der Waals surface area (Å²) < 4.78 is 52.5. The van der Waals surface area contributed by atoms with Gasteiger partial charge in [-0.1, -0.05) is 30.6 Å². The second-order valence-corrected chi connectivity index (χ2v) is 11.1. The van der Waals surface area contributed by atoms with E-state index in [0.29, 0.717) is 43.3 Å². The van der Waals surface area contributed by atoms with Crippen molar-refractivity contribution in [2.75, 3.05) is 33.4 Å². The van der Waals surface area contributed by atoms with Crippen LogP contribution in [0, 0.1) is 5.92 Å². The number of benzene rings is 1. The number of amidine groups is 1. The Morgan fingerprint density at radius 1 is 1.27 bits per heavy atom. The van der Waals surface area contributed by atoms with Crippen molar-refractivity contribution >= 4 is 18.1 Å². The van der Waals surface area contributed by atoms with Crippen LogP contribution in [-0.4, -0.2) is 64.3 Å². The molecule has 2 aliphatic heterocycles. The molecule has 40 heavy (non-hydrogen) atoms. The third-order valence-electron chi connectivity index (χ3n) is 8.13. The molecular formula is C30H35F3N5O2+. The molecular weight excluding hydrogens is 519 g/mol. The van der Waals surface area contributed by atoms with Gasteiger partial charge in [0, 0.05) is 25.5 Å². The van der Waals surface area contributed by atoms with Crippen LogP contribution in [-0.2, 0) is 22.9 Å². The number of halogens is 3. The number of imidazole rings is 1. The van der Waals surface area contributed by atoms with E-state index < -0.39 is 22.8 Å². The smallest absolute Gasteiger partial charge is 0.379 e. The van der Waals surface area contributed by atoms with E-state index in [0.717, 1.165) is 41.7 Å². The van der Waals surface area contributed by atoms with Crippen LogP contribution in [0.15, 0.2) is 65.3 Å². The summed E-state index contributed by atoms with van der Waals surface area (Å²) in [6.45, 7) is 12.6. The molecule has 0 amide bonds. The summed E-state index contributed by atoms with van der Waals surface area (Å²) in [6.07, 6.45) is 2.55. The number of aromatic nitrogens is 2. The minimum Gasteiger partial charge on any atom is -0.379 e. The Balaban J connectivity index is 1.56. The van der Waals surface area contributed by atoms with Gasteiger partial charge in [-0.15, -0.1) is 0 Å². The first-order valence-corrected chi connectivity index (χ1v) is 13.5. The van der Waals surface area contributed by atoms with Crippen molar-refractivity contribution in [3.63, 3.8) is 0 Å². The van der Waals surface area contributed by atoms with Crippen molar-refractivity contribution in [3.8, 4) is 5.69 Å². The average Bonchev–Trinajstić information content (AvgIpc) is 3.23. The van der Waals surface area contributed by atoms with Gasteiger partial charge in [0.2, 0.25) is 0 Å². The van der Waals surface area contributed by atoms with Crippen molar-refractivity contribution in [2.45, 2.75) is 44.3 Å². The van der Waals surface area contributed by atoms with E-state index >= 15 is 0 Å². The molecule has 0 N–H and O–H groups in total. The van der Waals surface area contributed by atoms with Crippen LogP contribution in [0.3, 0.4) is 0 Å². The number of pyridine rings is 1. The molecule has 7 nitrogen and oxygen atoms in total. The molecule has 1 atom stereocenters. The van der Waals surface area contributed by atoms with Crippen molar-refractivity contribution < 1.29 is 22.5 Å². The summed E-state index contributed by atoms with van der Waals surface area (Å²) in [6, 6.07) is 8.52. The molecule has 5 rings (SSSR count). The van der Waals surface area contributed by atoms with Gasteiger partial charge < -0.3 is 4.74 Å². The lowest BCUT2D eigenvalue weighted by atomic mass is 9.75. The van der Waals surface area contributed by atoms with Crippen LogP contribution in [0.1, 0.15) is 42.9 Å². The highest BCUT2D eigenvalue weighted by atomic mass is 19.4. The zero-order valence-electron chi connectivity index (χ0n) is 23.0. The van der Waals surface area contributed by atoms with Crippen LogP contribution < -0.4 is 5.69 Å². The molecule has 212 valence electrons. The van der Waals surface area contributed by atoms with Gasteiger partial charge in [-0.05, 0) is 54.6 Å². The first kappa shape index (κ1) is 28.0. The third-order valence-corrected chi connectivity index (χ3v) is 8.13. The molecule has 0 aliphatic carbocycles. The Morgan fingerprint density at radius 3 is 2.67 bits per heavy atom. The van der Waals surface area contributed by atoms with E-state index in [2.05, 4.69) is 30.1 Å². The largest absolute Gasteiger partial charge is 0.418 e. The number of hydrogen-bond donors (Lipinski definition) is 0. The fraction of sp³-hybridized carbons (Fsp3) is 0.433. The molecule has 0 bridgehead atoms. The first-order valence-electron chi connectivity index (χ1n) is 13.5. The van der Waals surface area contributed by atoms with Crippen LogP contribution in [0.25, 0.3) is 11.2 Å². The zero-order valence-corrected chi connectivity index (χ0v) is 23.0. The molecule has 2 fully saturated rings. The lowest BCUT2D eigenvalue weighted by Gasteiger charge is -2.41. The molecule has 2 aliphatic rings. The van der Waals surface area contributed by atoms with E-state index in [1.165, 1.54) is 16.8 Å². The van der Waals surface area contributed by atoms with Gasteiger partial charge in [0.25, 0.3) is 5.84 Å². The Hall–Kier alpha value is -3.50. The monoisotopic (exact) mass is 554 g/mol. The van der Waals surface area contributed by atoms with Gasteiger partial charge in [-0.25, -0.2) is 9.37 Å². The lowest BCUT2D eigenvalue weighted by Crippen LogP contribution is -2.48. The Labute approximate surface area is 231 Å². The highest BCUT2D eigenvalue weighted by Crippen LogP contribution is 2.38. The number of aliphatic imine (C=N–C) groups is 1. The number of ether oxygens (including phenoxy) is 1. The molecule has 10 heteroatoms. The molecule has 0 radical (unpaired) electrons. The minimum absolute atomic E-state index is 0.167. The number of alkyl halides is 3. The van der Waals surface area contributed by atoms with Gasteiger partial charge in [0.15, 0.2) is 0 Å². The predicted octanol–water partition coefficient (Wildman–Crippen LogP) is 4.88. The van der Waals surface area contributed by atoms with E-state index in [4.69, 9.17) is 4.74 Å². The van der Waals surface area contributed by atoms with Crippen LogP contribution in [0.5, 0.6) is 0 Å². The van der Waals surface area contributed by atoms with E-state index in [-0.39, 0.29) is 5.52 Å². The molecule has 0 unspecified atom stereocenters. The molecule has 4 heterocycles. The Kier molecular flexibility index (Phi) is 7.58. The molecule has 2 aromatic heterocycles. The first-order chi connectivity index (χ1) is 19.0. The summed E-state index contributed by atoms with van der Waals surface area (Å²) >= 11 is 0. The number of fused-ring (bicyclic) bond motifs is 1. The van der Waals surface area contributed by atoms with Crippen LogP contribution in [0.2, 0.25) is 0 Å². The fourth-order valence-corrected chi connectivity index (χ4v) is 5.84. The second-order valence-electron chi connectivity index (χ2n) is 11.1. The normalized spacial score (nSPS) is 20.2. The highest BCUT2D eigenvalue weighted by molar-refractivity contribution is 5.83.